The van der Waals surface area contributed by atoms with E-state index in [9.17, 15) is 4.79 Å². The molecule has 0 fully saturated rings. The van der Waals surface area contributed by atoms with Crippen molar-refractivity contribution >= 4 is 29.1 Å². The van der Waals surface area contributed by atoms with Gasteiger partial charge in [-0.05, 0) is 38.1 Å². The SMILES string of the molecule is COc1ccc(NC(=O)Nc2nnc(-c3sc(C)nc3C)o2)cc1. The van der Waals surface area contributed by atoms with Crippen molar-refractivity contribution in [2.75, 3.05) is 17.7 Å². The largest absolute Gasteiger partial charge is 0.497 e. The number of rotatable bonds is 4. The number of aryl methyl sites for hydroxylation is 2. The molecule has 0 saturated heterocycles. The Kier molecular flexibility index (Phi) is 4.43. The lowest BCUT2D eigenvalue weighted by atomic mass is 10.3. The van der Waals surface area contributed by atoms with Crippen LogP contribution in [0.1, 0.15) is 10.7 Å². The minimum Gasteiger partial charge on any atom is -0.497 e. The van der Waals surface area contributed by atoms with Crippen molar-refractivity contribution in [2.45, 2.75) is 13.8 Å². The van der Waals surface area contributed by atoms with Gasteiger partial charge in [-0.2, -0.15) is 0 Å². The van der Waals surface area contributed by atoms with E-state index in [4.69, 9.17) is 9.15 Å². The molecule has 24 heavy (non-hydrogen) atoms. The third-order valence-electron chi connectivity index (χ3n) is 3.09. The number of methoxy groups -OCH3 is 1. The number of urea groups is 1. The minimum absolute atomic E-state index is 0.0152. The van der Waals surface area contributed by atoms with Crippen molar-refractivity contribution < 1.29 is 13.9 Å². The molecule has 2 N–H and O–H groups in total. The van der Waals surface area contributed by atoms with Gasteiger partial charge >= 0.3 is 12.0 Å². The number of hydrogen-bond donors (Lipinski definition) is 2. The second-order valence-corrected chi connectivity index (χ2v) is 6.07. The van der Waals surface area contributed by atoms with Crippen molar-refractivity contribution in [3.05, 3.63) is 35.0 Å². The summed E-state index contributed by atoms with van der Waals surface area (Å²) in [5, 5.41) is 13.8. The number of anilines is 2. The third-order valence-corrected chi connectivity index (χ3v) is 4.15. The first kappa shape index (κ1) is 15.9. The predicted molar refractivity (Wildman–Crippen MR) is 90.5 cm³/mol. The molecule has 3 rings (SSSR count). The first-order valence-corrected chi connectivity index (χ1v) is 7.87. The zero-order valence-corrected chi connectivity index (χ0v) is 14.1. The third kappa shape index (κ3) is 3.51. The van der Waals surface area contributed by atoms with Gasteiger partial charge in [-0.1, -0.05) is 5.10 Å². The number of carbonyl (C=O) groups is 1. The fraction of sp³-hybridized carbons (Fsp3) is 0.200. The molecule has 2 heterocycles. The molecule has 0 radical (unpaired) electrons. The molecule has 2 amide bonds. The Hall–Kier alpha value is -2.94. The Morgan fingerprint density at radius 1 is 1.17 bits per heavy atom. The van der Waals surface area contributed by atoms with Crippen molar-refractivity contribution in [3.63, 3.8) is 0 Å². The molecule has 0 aliphatic heterocycles. The fourth-order valence-electron chi connectivity index (χ4n) is 2.03. The van der Waals surface area contributed by atoms with E-state index in [1.807, 2.05) is 13.8 Å². The van der Waals surface area contributed by atoms with Crippen LogP contribution in [0, 0.1) is 13.8 Å². The highest BCUT2D eigenvalue weighted by Gasteiger charge is 2.16. The van der Waals surface area contributed by atoms with Gasteiger partial charge in [0.15, 0.2) is 0 Å². The quantitative estimate of drug-likeness (QED) is 0.751. The number of carbonyl (C=O) groups excluding carboxylic acids is 1. The van der Waals surface area contributed by atoms with Crippen LogP contribution in [0.15, 0.2) is 28.7 Å². The lowest BCUT2D eigenvalue weighted by Crippen LogP contribution is -2.19. The maximum absolute atomic E-state index is 12.0. The Balaban J connectivity index is 1.65. The number of benzene rings is 1. The predicted octanol–water partition coefficient (Wildman–Crippen LogP) is 3.46. The van der Waals surface area contributed by atoms with E-state index >= 15 is 0 Å². The first-order valence-electron chi connectivity index (χ1n) is 7.05. The normalized spacial score (nSPS) is 10.5. The summed E-state index contributed by atoms with van der Waals surface area (Å²) in [5.74, 6) is 1.04. The number of hydrogen-bond acceptors (Lipinski definition) is 7. The number of thiazole rings is 1. The van der Waals surface area contributed by atoms with E-state index in [1.54, 1.807) is 31.4 Å². The lowest BCUT2D eigenvalue weighted by molar-refractivity contribution is 0.261. The van der Waals surface area contributed by atoms with Gasteiger partial charge in [0.2, 0.25) is 0 Å². The standard InChI is InChI=1S/C15H15N5O3S/c1-8-12(24-9(2)16-8)13-19-20-15(23-13)18-14(21)17-10-4-6-11(22-3)7-5-10/h4-7H,1-3H3,(H2,17,18,20,21). The average molecular weight is 345 g/mol. The van der Waals surface area contributed by atoms with Gasteiger partial charge < -0.3 is 14.5 Å². The molecule has 8 nitrogen and oxygen atoms in total. The minimum atomic E-state index is -0.479. The summed E-state index contributed by atoms with van der Waals surface area (Å²) in [6.45, 7) is 3.77. The summed E-state index contributed by atoms with van der Waals surface area (Å²) in [6, 6.07) is 6.47. The molecule has 124 valence electrons. The highest BCUT2D eigenvalue weighted by atomic mass is 32.1. The summed E-state index contributed by atoms with van der Waals surface area (Å²) >= 11 is 1.46. The molecule has 0 aliphatic carbocycles. The second kappa shape index (κ2) is 6.67. The van der Waals surface area contributed by atoms with Crippen molar-refractivity contribution in [1.29, 1.82) is 0 Å². The number of nitrogens with zero attached hydrogens (tertiary/aromatic N) is 3. The average Bonchev–Trinajstić information content (AvgIpc) is 3.14. The Labute approximate surface area is 141 Å². The summed E-state index contributed by atoms with van der Waals surface area (Å²) < 4.78 is 10.5. The molecule has 2 aromatic heterocycles. The van der Waals surface area contributed by atoms with Crippen LogP contribution in [0.3, 0.4) is 0 Å². The van der Waals surface area contributed by atoms with E-state index in [0.29, 0.717) is 17.3 Å². The maximum atomic E-state index is 12.0. The maximum Gasteiger partial charge on any atom is 0.327 e. The van der Waals surface area contributed by atoms with Crippen LogP contribution >= 0.6 is 11.3 Å². The second-order valence-electron chi connectivity index (χ2n) is 4.87. The molecular formula is C15H15N5O3S. The molecule has 0 unspecified atom stereocenters. The Bertz CT molecular complexity index is 856. The van der Waals surface area contributed by atoms with Gasteiger partial charge in [-0.3, -0.25) is 5.32 Å². The highest BCUT2D eigenvalue weighted by molar-refractivity contribution is 7.15. The summed E-state index contributed by atoms with van der Waals surface area (Å²) in [4.78, 5) is 17.1. The highest BCUT2D eigenvalue weighted by Crippen LogP contribution is 2.29. The van der Waals surface area contributed by atoms with Crippen LogP contribution in [0.25, 0.3) is 10.8 Å². The molecule has 3 aromatic rings. The van der Waals surface area contributed by atoms with Gasteiger partial charge in [-0.25, -0.2) is 9.78 Å². The zero-order valence-electron chi connectivity index (χ0n) is 13.3. The molecule has 1 aromatic carbocycles. The van der Waals surface area contributed by atoms with E-state index in [2.05, 4.69) is 25.8 Å². The molecule has 0 spiro atoms. The van der Waals surface area contributed by atoms with Crippen LogP contribution in [-0.4, -0.2) is 28.3 Å². The van der Waals surface area contributed by atoms with Gasteiger partial charge in [0.1, 0.15) is 10.6 Å². The summed E-state index contributed by atoms with van der Waals surface area (Å²) in [7, 11) is 1.58. The van der Waals surface area contributed by atoms with E-state index in [1.165, 1.54) is 11.3 Å². The van der Waals surface area contributed by atoms with Crippen LogP contribution in [0.2, 0.25) is 0 Å². The van der Waals surface area contributed by atoms with Crippen molar-refractivity contribution in [3.8, 4) is 16.5 Å². The molecular weight excluding hydrogens is 330 g/mol. The Morgan fingerprint density at radius 3 is 2.54 bits per heavy atom. The smallest absolute Gasteiger partial charge is 0.327 e. The molecule has 0 atom stereocenters. The van der Waals surface area contributed by atoms with Gasteiger partial charge in [0, 0.05) is 5.69 Å². The molecule has 0 saturated carbocycles. The monoisotopic (exact) mass is 345 g/mol. The molecule has 0 bridgehead atoms. The molecule has 0 aliphatic rings. The first-order chi connectivity index (χ1) is 11.5. The van der Waals surface area contributed by atoms with Gasteiger partial charge in [0.05, 0.1) is 17.8 Å². The lowest BCUT2D eigenvalue weighted by Gasteiger charge is -2.05. The van der Waals surface area contributed by atoms with Gasteiger partial charge in [-0.15, -0.1) is 16.4 Å². The van der Waals surface area contributed by atoms with Crippen LogP contribution < -0.4 is 15.4 Å². The zero-order chi connectivity index (χ0) is 17.1. The number of ether oxygens (including phenoxy) is 1. The van der Waals surface area contributed by atoms with Crippen LogP contribution in [-0.2, 0) is 0 Å². The number of nitrogens with one attached hydrogen (secondary N) is 2. The summed E-state index contributed by atoms with van der Waals surface area (Å²) in [6.07, 6.45) is 0. The van der Waals surface area contributed by atoms with E-state index in [-0.39, 0.29) is 6.01 Å². The van der Waals surface area contributed by atoms with Crippen LogP contribution in [0.4, 0.5) is 16.5 Å². The number of amides is 2. The van der Waals surface area contributed by atoms with E-state index in [0.717, 1.165) is 15.6 Å². The van der Waals surface area contributed by atoms with Crippen LogP contribution in [0.5, 0.6) is 5.75 Å². The van der Waals surface area contributed by atoms with Crippen molar-refractivity contribution in [2.24, 2.45) is 0 Å². The van der Waals surface area contributed by atoms with Crippen molar-refractivity contribution in [1.82, 2.24) is 15.2 Å². The molecule has 9 heteroatoms. The summed E-state index contributed by atoms with van der Waals surface area (Å²) in [5.41, 5.74) is 1.43. The van der Waals surface area contributed by atoms with Gasteiger partial charge in [0.25, 0.3) is 5.89 Å². The number of aromatic nitrogens is 3. The Morgan fingerprint density at radius 2 is 1.92 bits per heavy atom. The fourth-order valence-corrected chi connectivity index (χ4v) is 2.87. The van der Waals surface area contributed by atoms with E-state index < -0.39 is 6.03 Å². The topological polar surface area (TPSA) is 102 Å².